The molecule has 100 valence electrons. The minimum Gasteiger partial charge on any atom is -0.279 e. The van der Waals surface area contributed by atoms with Gasteiger partial charge in [-0.05, 0) is 30.3 Å². The number of halogens is 2. The second-order valence-electron chi connectivity index (χ2n) is 3.70. The number of nitrogens with one attached hydrogen (secondary N) is 1. The third-order valence-electron chi connectivity index (χ3n) is 2.33. The van der Waals surface area contributed by atoms with Gasteiger partial charge in [0.15, 0.2) is 0 Å². The first kappa shape index (κ1) is 14.2. The van der Waals surface area contributed by atoms with Crippen LogP contribution < -0.4 is 4.72 Å². The van der Waals surface area contributed by atoms with E-state index < -0.39 is 15.8 Å². The van der Waals surface area contributed by atoms with E-state index in [1.807, 2.05) is 0 Å². The van der Waals surface area contributed by atoms with E-state index in [9.17, 15) is 12.8 Å². The summed E-state index contributed by atoms with van der Waals surface area (Å²) in [4.78, 5) is 0.0766. The van der Waals surface area contributed by atoms with Crippen molar-refractivity contribution in [3.8, 4) is 0 Å². The first-order valence-electron chi connectivity index (χ1n) is 5.16. The van der Waals surface area contributed by atoms with Crippen LogP contribution in [0.2, 0.25) is 5.02 Å². The molecule has 7 heteroatoms. The van der Waals surface area contributed by atoms with Gasteiger partial charge in [-0.15, -0.1) is 12.6 Å². The molecule has 0 aromatic heterocycles. The van der Waals surface area contributed by atoms with Crippen molar-refractivity contribution in [1.82, 2.24) is 0 Å². The van der Waals surface area contributed by atoms with E-state index in [0.717, 1.165) is 6.07 Å². The largest absolute Gasteiger partial charge is 0.279 e. The second kappa shape index (κ2) is 5.40. The number of sulfonamides is 1. The Balaban J connectivity index is 2.37. The predicted octanol–water partition coefficient (Wildman–Crippen LogP) is 3.57. The lowest BCUT2D eigenvalue weighted by Crippen LogP contribution is -2.13. The molecule has 0 aliphatic carbocycles. The average Bonchev–Trinajstić information content (AvgIpc) is 2.34. The highest BCUT2D eigenvalue weighted by Crippen LogP contribution is 2.24. The van der Waals surface area contributed by atoms with E-state index in [4.69, 9.17) is 11.6 Å². The normalized spacial score (nSPS) is 11.3. The van der Waals surface area contributed by atoms with Crippen LogP contribution in [0.3, 0.4) is 0 Å². The summed E-state index contributed by atoms with van der Waals surface area (Å²) in [6.07, 6.45) is 0. The predicted molar refractivity (Wildman–Crippen MR) is 75.9 cm³/mol. The summed E-state index contributed by atoms with van der Waals surface area (Å²) < 4.78 is 39.7. The minimum atomic E-state index is -3.85. The van der Waals surface area contributed by atoms with E-state index >= 15 is 0 Å². The zero-order chi connectivity index (χ0) is 14.0. The molecule has 0 bridgehead atoms. The Kier molecular flexibility index (Phi) is 4.03. The molecule has 0 radical (unpaired) electrons. The zero-order valence-electron chi connectivity index (χ0n) is 9.47. The maximum Gasteiger partial charge on any atom is 0.263 e. The highest BCUT2D eigenvalue weighted by molar-refractivity contribution is 7.92. The Labute approximate surface area is 120 Å². The lowest BCUT2D eigenvalue weighted by Gasteiger charge is -2.09. The van der Waals surface area contributed by atoms with Gasteiger partial charge in [0.05, 0.1) is 10.7 Å². The van der Waals surface area contributed by atoms with Crippen LogP contribution in [-0.4, -0.2) is 8.42 Å². The fourth-order valence-electron chi connectivity index (χ4n) is 1.44. The molecule has 1 N–H and O–H groups in total. The molecule has 0 unspecified atom stereocenters. The number of hydrogen-bond donors (Lipinski definition) is 2. The van der Waals surface area contributed by atoms with Crippen molar-refractivity contribution in [2.24, 2.45) is 0 Å². The van der Waals surface area contributed by atoms with Crippen LogP contribution in [0.5, 0.6) is 0 Å². The highest BCUT2D eigenvalue weighted by Gasteiger charge is 2.17. The molecule has 19 heavy (non-hydrogen) atoms. The first-order chi connectivity index (χ1) is 8.90. The molecule has 0 saturated heterocycles. The summed E-state index contributed by atoms with van der Waals surface area (Å²) in [5.74, 6) is -0.609. The van der Waals surface area contributed by atoms with Gasteiger partial charge >= 0.3 is 0 Å². The summed E-state index contributed by atoms with van der Waals surface area (Å²) >= 11 is 9.70. The van der Waals surface area contributed by atoms with Crippen molar-refractivity contribution >= 4 is 39.9 Å². The maximum absolute atomic E-state index is 13.3. The van der Waals surface area contributed by atoms with Gasteiger partial charge in [-0.25, -0.2) is 12.8 Å². The van der Waals surface area contributed by atoms with Crippen molar-refractivity contribution in [3.63, 3.8) is 0 Å². The van der Waals surface area contributed by atoms with E-state index in [1.165, 1.54) is 24.3 Å². The van der Waals surface area contributed by atoms with Crippen molar-refractivity contribution in [1.29, 1.82) is 0 Å². The van der Waals surface area contributed by atoms with E-state index in [-0.39, 0.29) is 20.5 Å². The Morgan fingerprint density at radius 1 is 1.16 bits per heavy atom. The van der Waals surface area contributed by atoms with Crippen molar-refractivity contribution in [2.45, 2.75) is 9.79 Å². The number of anilines is 1. The summed E-state index contributed by atoms with van der Waals surface area (Å²) in [5, 5.41) is 0.0984. The molecule has 0 aliphatic heterocycles. The van der Waals surface area contributed by atoms with E-state index in [0.29, 0.717) is 0 Å². The van der Waals surface area contributed by atoms with Crippen LogP contribution >= 0.6 is 24.2 Å². The molecule has 2 aromatic rings. The molecule has 2 rings (SSSR count). The van der Waals surface area contributed by atoms with Gasteiger partial charge in [0.1, 0.15) is 10.7 Å². The smallest absolute Gasteiger partial charge is 0.263 e. The van der Waals surface area contributed by atoms with Crippen molar-refractivity contribution in [2.75, 3.05) is 4.72 Å². The molecule has 2 aromatic carbocycles. The standard InChI is InChI=1S/C12H9ClFNO2S2/c13-9-3-1-2-4-12(9)19(16,17)15-8-5-6-11(18)10(14)7-8/h1-7,15,18H. The number of rotatable bonds is 3. The van der Waals surface area contributed by atoms with Crippen LogP contribution in [0.15, 0.2) is 52.3 Å². The number of hydrogen-bond acceptors (Lipinski definition) is 3. The summed E-state index contributed by atoms with van der Waals surface area (Å²) in [6, 6.07) is 9.84. The lowest BCUT2D eigenvalue weighted by atomic mass is 10.3. The topological polar surface area (TPSA) is 46.2 Å². The summed E-state index contributed by atoms with van der Waals surface area (Å²) in [7, 11) is -3.85. The van der Waals surface area contributed by atoms with Gasteiger partial charge in [-0.1, -0.05) is 23.7 Å². The Bertz CT molecular complexity index is 719. The Morgan fingerprint density at radius 3 is 2.47 bits per heavy atom. The molecule has 0 aliphatic rings. The highest BCUT2D eigenvalue weighted by atomic mass is 35.5. The molecular weight excluding hydrogens is 309 g/mol. The van der Waals surface area contributed by atoms with Gasteiger partial charge in [0, 0.05) is 4.90 Å². The van der Waals surface area contributed by atoms with Gasteiger partial charge in [-0.2, -0.15) is 0 Å². The minimum absolute atomic E-state index is 0.0629. The monoisotopic (exact) mass is 317 g/mol. The SMILES string of the molecule is O=S(=O)(Nc1ccc(S)c(F)c1)c1ccccc1Cl. The summed E-state index contributed by atoms with van der Waals surface area (Å²) in [5.41, 5.74) is 0.107. The number of thiol groups is 1. The van der Waals surface area contributed by atoms with Gasteiger partial charge in [0.25, 0.3) is 10.0 Å². The van der Waals surface area contributed by atoms with Crippen LogP contribution in [0.1, 0.15) is 0 Å². The van der Waals surface area contributed by atoms with Gasteiger partial charge in [-0.3, -0.25) is 4.72 Å². The maximum atomic E-state index is 13.3. The molecule has 3 nitrogen and oxygen atoms in total. The Morgan fingerprint density at radius 2 is 1.84 bits per heavy atom. The lowest BCUT2D eigenvalue weighted by molar-refractivity contribution is 0.599. The van der Waals surface area contributed by atoms with E-state index in [1.54, 1.807) is 12.1 Å². The number of benzene rings is 2. The van der Waals surface area contributed by atoms with Gasteiger partial charge < -0.3 is 0 Å². The first-order valence-corrected chi connectivity index (χ1v) is 7.47. The van der Waals surface area contributed by atoms with Gasteiger partial charge in [0.2, 0.25) is 0 Å². The fraction of sp³-hybridized carbons (Fsp3) is 0. The molecule has 0 spiro atoms. The zero-order valence-corrected chi connectivity index (χ0v) is 11.9. The van der Waals surface area contributed by atoms with Crippen LogP contribution in [-0.2, 0) is 10.0 Å². The molecule has 0 amide bonds. The molecular formula is C12H9ClFNO2S2. The van der Waals surface area contributed by atoms with E-state index in [2.05, 4.69) is 17.4 Å². The van der Waals surface area contributed by atoms with Crippen LogP contribution in [0, 0.1) is 5.82 Å². The van der Waals surface area contributed by atoms with Crippen LogP contribution in [0.4, 0.5) is 10.1 Å². The Hall–Kier alpha value is -1.24. The van der Waals surface area contributed by atoms with Crippen LogP contribution in [0.25, 0.3) is 0 Å². The average molecular weight is 318 g/mol. The second-order valence-corrected chi connectivity index (χ2v) is 6.24. The quantitative estimate of drug-likeness (QED) is 0.850. The third kappa shape index (κ3) is 3.20. The van der Waals surface area contributed by atoms with Crippen molar-refractivity contribution < 1.29 is 12.8 Å². The molecule has 0 atom stereocenters. The summed E-state index contributed by atoms with van der Waals surface area (Å²) in [6.45, 7) is 0. The molecule has 0 saturated carbocycles. The van der Waals surface area contributed by atoms with Crippen molar-refractivity contribution in [3.05, 3.63) is 53.3 Å². The fourth-order valence-corrected chi connectivity index (χ4v) is 3.15. The molecule has 0 fully saturated rings. The molecule has 0 heterocycles. The third-order valence-corrected chi connectivity index (χ3v) is 4.57.